The summed E-state index contributed by atoms with van der Waals surface area (Å²) in [5.74, 6) is 5.38. The van der Waals surface area contributed by atoms with Gasteiger partial charge >= 0.3 is 0 Å². The van der Waals surface area contributed by atoms with Gasteiger partial charge in [0.25, 0.3) is 11.8 Å². The van der Waals surface area contributed by atoms with Crippen molar-refractivity contribution >= 4 is 29.3 Å². The van der Waals surface area contributed by atoms with Gasteiger partial charge in [-0.05, 0) is 81.1 Å². The molecule has 2 heterocycles. The molecule has 0 spiro atoms. The number of rotatable bonds is 9. The van der Waals surface area contributed by atoms with Crippen molar-refractivity contribution in [2.45, 2.75) is 69.6 Å². The van der Waals surface area contributed by atoms with E-state index in [2.05, 4.69) is 34.4 Å². The summed E-state index contributed by atoms with van der Waals surface area (Å²) >= 11 is 0. The highest BCUT2D eigenvalue weighted by atomic mass is 16.5. The van der Waals surface area contributed by atoms with Crippen molar-refractivity contribution in [1.29, 1.82) is 0 Å². The molecule has 2 fully saturated rings. The van der Waals surface area contributed by atoms with Crippen LogP contribution in [0, 0.1) is 11.8 Å². The summed E-state index contributed by atoms with van der Waals surface area (Å²) in [5, 5.41) is 5.48. The third-order valence-electron chi connectivity index (χ3n) is 8.59. The van der Waals surface area contributed by atoms with Crippen molar-refractivity contribution in [3.63, 3.8) is 0 Å². The number of hydrogen-bond acceptors (Lipinski definition) is 7. The standard InChI is InChI=1S/C33H39N5O5/c1-37(26-14-12-25(13-15-26)35-31(40)23-8-10-24(34)11-9-23)18-20-43-19-3-2-5-22-6-4-7-27-28(22)21-38(33(27)42)29-16-17-30(39)36-32(29)41/h4,6-11,25-26,29H,3,12-21,34H2,1H3,(H,35,40)(H,36,39,41)/t25-,26+,29?. The second-order valence-electron chi connectivity index (χ2n) is 11.5. The van der Waals surface area contributed by atoms with Gasteiger partial charge in [-0.15, -0.1) is 0 Å². The van der Waals surface area contributed by atoms with E-state index in [1.165, 1.54) is 0 Å². The first kappa shape index (κ1) is 30.3. The Kier molecular flexibility index (Phi) is 9.75. The summed E-state index contributed by atoms with van der Waals surface area (Å²) in [4.78, 5) is 53.2. The number of likely N-dealkylation sites (N-methyl/N-ethyl adjacent to an activating group) is 1. The average molecular weight is 586 g/mol. The Bertz CT molecular complexity index is 1420. The van der Waals surface area contributed by atoms with Crippen LogP contribution in [0.3, 0.4) is 0 Å². The van der Waals surface area contributed by atoms with Crippen molar-refractivity contribution in [2.24, 2.45) is 0 Å². The number of nitrogens with one attached hydrogen (secondary N) is 2. The summed E-state index contributed by atoms with van der Waals surface area (Å²) in [6.07, 6.45) is 5.09. The highest BCUT2D eigenvalue weighted by molar-refractivity contribution is 6.05. The van der Waals surface area contributed by atoms with Crippen molar-refractivity contribution in [3.8, 4) is 11.8 Å². The van der Waals surface area contributed by atoms with E-state index in [0.717, 1.165) is 43.4 Å². The summed E-state index contributed by atoms with van der Waals surface area (Å²) in [6, 6.07) is 12.5. The van der Waals surface area contributed by atoms with Gasteiger partial charge in [0.05, 0.1) is 13.2 Å². The summed E-state index contributed by atoms with van der Waals surface area (Å²) in [5.41, 5.74) is 9.16. The predicted octanol–water partition coefficient (Wildman–Crippen LogP) is 2.46. The van der Waals surface area contributed by atoms with Gasteiger partial charge in [-0.3, -0.25) is 24.5 Å². The SMILES string of the molecule is CN(CCOCCC#Cc1cccc2c1CN(C1CCC(=O)NC1=O)C2=O)[C@H]1CC[C@@H](NC(=O)c2ccc(N)cc2)CC1. The number of carbonyl (C=O) groups excluding carboxylic acids is 4. The molecule has 2 aromatic carbocycles. The molecule has 3 aliphatic rings. The van der Waals surface area contributed by atoms with Crippen LogP contribution < -0.4 is 16.4 Å². The molecule has 10 heteroatoms. The zero-order valence-corrected chi connectivity index (χ0v) is 24.6. The third-order valence-corrected chi connectivity index (χ3v) is 8.59. The van der Waals surface area contributed by atoms with Crippen LogP contribution in [-0.4, -0.2) is 78.4 Å². The number of nitrogens with zero attached hydrogens (tertiary/aromatic N) is 2. The summed E-state index contributed by atoms with van der Waals surface area (Å²) in [7, 11) is 2.12. The van der Waals surface area contributed by atoms with Gasteiger partial charge in [-0.25, -0.2) is 0 Å². The maximum Gasteiger partial charge on any atom is 0.255 e. The Balaban J connectivity index is 1.00. The smallest absolute Gasteiger partial charge is 0.255 e. The number of piperidine rings is 1. The predicted molar refractivity (Wildman–Crippen MR) is 162 cm³/mol. The molecule has 4 amide bonds. The monoisotopic (exact) mass is 585 g/mol. The van der Waals surface area contributed by atoms with Crippen molar-refractivity contribution in [3.05, 3.63) is 64.7 Å². The van der Waals surface area contributed by atoms with Crippen LogP contribution in [0.1, 0.15) is 76.8 Å². The van der Waals surface area contributed by atoms with Gasteiger partial charge in [-0.1, -0.05) is 17.9 Å². The molecule has 10 nitrogen and oxygen atoms in total. The number of imide groups is 1. The van der Waals surface area contributed by atoms with Gasteiger partial charge in [0, 0.05) is 60.4 Å². The number of anilines is 1. The van der Waals surface area contributed by atoms with E-state index in [0.29, 0.717) is 55.5 Å². The minimum atomic E-state index is -0.638. The van der Waals surface area contributed by atoms with Crippen LogP contribution in [0.5, 0.6) is 0 Å². The van der Waals surface area contributed by atoms with Crippen LogP contribution in [0.4, 0.5) is 5.69 Å². The lowest BCUT2D eigenvalue weighted by molar-refractivity contribution is -0.136. The molecule has 1 saturated carbocycles. The van der Waals surface area contributed by atoms with Crippen molar-refractivity contribution < 1.29 is 23.9 Å². The van der Waals surface area contributed by atoms with Gasteiger partial charge in [-0.2, -0.15) is 0 Å². The van der Waals surface area contributed by atoms with E-state index >= 15 is 0 Å². The van der Waals surface area contributed by atoms with E-state index < -0.39 is 11.9 Å². The minimum Gasteiger partial charge on any atom is -0.399 e. The second-order valence-corrected chi connectivity index (χ2v) is 11.5. The maximum absolute atomic E-state index is 13.0. The number of benzene rings is 2. The van der Waals surface area contributed by atoms with Crippen LogP contribution in [0.2, 0.25) is 0 Å². The Labute approximate surface area is 252 Å². The maximum atomic E-state index is 13.0. The first-order valence-corrected chi connectivity index (χ1v) is 15.0. The van der Waals surface area contributed by atoms with Gasteiger partial charge in [0.1, 0.15) is 6.04 Å². The molecular formula is C33H39N5O5. The highest BCUT2D eigenvalue weighted by Gasteiger charge is 2.39. The summed E-state index contributed by atoms with van der Waals surface area (Å²) < 4.78 is 5.85. The lowest BCUT2D eigenvalue weighted by Gasteiger charge is -2.35. The molecular weight excluding hydrogens is 546 g/mol. The first-order valence-electron chi connectivity index (χ1n) is 15.0. The molecule has 0 bridgehead atoms. The number of nitrogen functional groups attached to an aromatic ring is 1. The van der Waals surface area contributed by atoms with Crippen LogP contribution in [0.15, 0.2) is 42.5 Å². The fourth-order valence-corrected chi connectivity index (χ4v) is 6.04. The van der Waals surface area contributed by atoms with E-state index in [9.17, 15) is 19.2 Å². The number of ether oxygens (including phenoxy) is 1. The lowest BCUT2D eigenvalue weighted by atomic mass is 9.90. The first-order chi connectivity index (χ1) is 20.8. The molecule has 2 aliphatic heterocycles. The van der Waals surface area contributed by atoms with Crippen LogP contribution in [-0.2, 0) is 20.9 Å². The topological polar surface area (TPSA) is 134 Å². The van der Waals surface area contributed by atoms with Crippen molar-refractivity contribution in [2.75, 3.05) is 32.5 Å². The summed E-state index contributed by atoms with van der Waals surface area (Å²) in [6.45, 7) is 2.26. The molecule has 43 heavy (non-hydrogen) atoms. The highest BCUT2D eigenvalue weighted by Crippen LogP contribution is 2.29. The van der Waals surface area contributed by atoms with E-state index in [1.807, 2.05) is 12.1 Å². The lowest BCUT2D eigenvalue weighted by Crippen LogP contribution is -2.52. The molecule has 0 radical (unpaired) electrons. The van der Waals surface area contributed by atoms with Crippen molar-refractivity contribution in [1.82, 2.24) is 20.4 Å². The van der Waals surface area contributed by atoms with Gasteiger partial charge < -0.3 is 25.6 Å². The molecule has 0 aromatic heterocycles. The zero-order valence-electron chi connectivity index (χ0n) is 24.6. The van der Waals surface area contributed by atoms with Gasteiger partial charge in [0.2, 0.25) is 11.8 Å². The van der Waals surface area contributed by atoms with Crippen LogP contribution >= 0.6 is 0 Å². The molecule has 5 rings (SSSR count). The Hall–Kier alpha value is -4.20. The number of amides is 4. The molecule has 226 valence electrons. The third kappa shape index (κ3) is 7.42. The Morgan fingerprint density at radius 3 is 2.58 bits per heavy atom. The fourth-order valence-electron chi connectivity index (χ4n) is 6.04. The van der Waals surface area contributed by atoms with E-state index in [1.54, 1.807) is 35.2 Å². The largest absolute Gasteiger partial charge is 0.399 e. The molecule has 1 saturated heterocycles. The van der Waals surface area contributed by atoms with E-state index in [4.69, 9.17) is 10.5 Å². The number of nitrogens with two attached hydrogens (primary N) is 1. The van der Waals surface area contributed by atoms with Gasteiger partial charge in [0.15, 0.2) is 0 Å². The van der Waals surface area contributed by atoms with E-state index in [-0.39, 0.29) is 30.2 Å². The normalized spacial score (nSPS) is 21.7. The molecule has 4 N–H and O–H groups in total. The molecule has 2 aromatic rings. The van der Waals surface area contributed by atoms with Crippen LogP contribution in [0.25, 0.3) is 0 Å². The minimum absolute atomic E-state index is 0.0485. The average Bonchev–Trinajstić information content (AvgIpc) is 3.33. The number of hydrogen-bond donors (Lipinski definition) is 3. The number of carbonyl (C=O) groups is 4. The fraction of sp³-hybridized carbons (Fsp3) is 0.455. The second kappa shape index (κ2) is 13.8. The molecule has 1 atom stereocenters. The molecule has 1 unspecified atom stereocenters. The quantitative estimate of drug-likeness (QED) is 0.178. The Morgan fingerprint density at radius 2 is 1.84 bits per heavy atom. The Morgan fingerprint density at radius 1 is 1.07 bits per heavy atom. The molecule has 1 aliphatic carbocycles. The number of fused-ring (bicyclic) bond motifs is 1. The zero-order chi connectivity index (χ0) is 30.3.